The van der Waals surface area contributed by atoms with Crippen LogP contribution in [0.15, 0.2) is 46.1 Å². The highest BCUT2D eigenvalue weighted by atomic mass is 32.2. The summed E-state index contributed by atoms with van der Waals surface area (Å²) in [6.45, 7) is 7.06. The van der Waals surface area contributed by atoms with E-state index >= 15 is 0 Å². The minimum absolute atomic E-state index is 0.0202. The number of nitrogens with one attached hydrogen (secondary N) is 2. The van der Waals surface area contributed by atoms with Gasteiger partial charge in [-0.25, -0.2) is 0 Å². The van der Waals surface area contributed by atoms with Gasteiger partial charge < -0.3 is 10.6 Å². The lowest BCUT2D eigenvalue weighted by Gasteiger charge is -2.17. The zero-order chi connectivity index (χ0) is 20.6. The Kier molecular flexibility index (Phi) is 8.09. The molecule has 5 nitrogen and oxygen atoms in total. The summed E-state index contributed by atoms with van der Waals surface area (Å²) in [5, 5.41) is 17.4. The van der Waals surface area contributed by atoms with Gasteiger partial charge in [-0.1, -0.05) is 61.2 Å². The number of carbonyl (C=O) groups excluding carboxylic acids is 1. The van der Waals surface area contributed by atoms with Crippen LogP contribution >= 0.6 is 34.4 Å². The summed E-state index contributed by atoms with van der Waals surface area (Å²) in [7, 11) is 0. The van der Waals surface area contributed by atoms with E-state index in [1.807, 2.05) is 25.1 Å². The van der Waals surface area contributed by atoms with Crippen LogP contribution in [-0.4, -0.2) is 27.9 Å². The number of hydrogen-bond donors (Lipinski definition) is 2. The first-order chi connectivity index (χ1) is 14.1. The fourth-order valence-corrected chi connectivity index (χ4v) is 5.41. The van der Waals surface area contributed by atoms with Crippen molar-refractivity contribution in [3.8, 4) is 0 Å². The van der Waals surface area contributed by atoms with Gasteiger partial charge in [-0.2, -0.15) is 0 Å². The summed E-state index contributed by atoms with van der Waals surface area (Å²) in [5.74, 6) is 0.383. The fourth-order valence-electron chi connectivity index (χ4n) is 2.78. The lowest BCUT2D eigenvalue weighted by molar-refractivity contribution is -0.115. The van der Waals surface area contributed by atoms with Crippen LogP contribution in [0.5, 0.6) is 0 Å². The largest absolute Gasteiger partial charge is 0.360 e. The summed E-state index contributed by atoms with van der Waals surface area (Å²) in [6, 6.07) is 12.2. The van der Waals surface area contributed by atoms with Gasteiger partial charge in [0.15, 0.2) is 4.34 Å². The molecule has 0 saturated heterocycles. The lowest BCUT2D eigenvalue weighted by Crippen LogP contribution is -2.23. The van der Waals surface area contributed by atoms with Crippen molar-refractivity contribution in [1.82, 2.24) is 10.2 Å². The Bertz CT molecular complexity index is 910. The number of thioether (sulfide) groups is 1. The molecule has 8 heteroatoms. The predicted molar refractivity (Wildman–Crippen MR) is 126 cm³/mol. The SMILES string of the molecule is CCC(C)c1ccccc1NC(=O)C(C)Sc1nnc(NCCc2cccs2)s1. The van der Waals surface area contributed by atoms with Gasteiger partial charge in [-0.15, -0.1) is 21.5 Å². The van der Waals surface area contributed by atoms with Crippen molar-refractivity contribution >= 4 is 51.2 Å². The molecule has 0 saturated carbocycles. The third-order valence-corrected chi connectivity index (χ3v) is 7.64. The second-order valence-electron chi connectivity index (χ2n) is 6.78. The number of anilines is 2. The van der Waals surface area contributed by atoms with Crippen LogP contribution in [0, 0.1) is 0 Å². The average Bonchev–Trinajstić information content (AvgIpc) is 3.40. The molecule has 3 rings (SSSR count). The maximum Gasteiger partial charge on any atom is 0.237 e. The van der Waals surface area contributed by atoms with E-state index < -0.39 is 0 Å². The molecule has 1 amide bonds. The molecule has 0 radical (unpaired) electrons. The zero-order valence-corrected chi connectivity index (χ0v) is 19.3. The lowest BCUT2D eigenvalue weighted by atomic mass is 9.97. The van der Waals surface area contributed by atoms with Crippen molar-refractivity contribution in [3.63, 3.8) is 0 Å². The molecule has 0 aliphatic heterocycles. The van der Waals surface area contributed by atoms with Crippen molar-refractivity contribution in [1.29, 1.82) is 0 Å². The maximum absolute atomic E-state index is 12.7. The Balaban J connectivity index is 1.52. The van der Waals surface area contributed by atoms with E-state index in [-0.39, 0.29) is 11.2 Å². The van der Waals surface area contributed by atoms with Crippen LogP contribution in [0.3, 0.4) is 0 Å². The third kappa shape index (κ3) is 6.29. The van der Waals surface area contributed by atoms with Crippen LogP contribution < -0.4 is 10.6 Å². The molecule has 29 heavy (non-hydrogen) atoms. The van der Waals surface area contributed by atoms with Crippen LogP contribution in [0.1, 0.15) is 43.6 Å². The zero-order valence-electron chi connectivity index (χ0n) is 16.8. The average molecular weight is 447 g/mol. The summed E-state index contributed by atoms with van der Waals surface area (Å²) in [4.78, 5) is 14.0. The van der Waals surface area contributed by atoms with Crippen molar-refractivity contribution < 1.29 is 4.79 Å². The highest BCUT2D eigenvalue weighted by molar-refractivity contribution is 8.02. The predicted octanol–water partition coefficient (Wildman–Crippen LogP) is 5.89. The molecule has 2 N–H and O–H groups in total. The normalized spacial score (nSPS) is 13.1. The van der Waals surface area contributed by atoms with Gasteiger partial charge >= 0.3 is 0 Å². The molecule has 3 aromatic rings. The van der Waals surface area contributed by atoms with Crippen LogP contribution in [0.2, 0.25) is 0 Å². The smallest absolute Gasteiger partial charge is 0.237 e. The molecule has 2 heterocycles. The van der Waals surface area contributed by atoms with E-state index in [0.717, 1.165) is 34.5 Å². The van der Waals surface area contributed by atoms with E-state index in [0.29, 0.717) is 5.92 Å². The van der Waals surface area contributed by atoms with E-state index in [2.05, 4.69) is 58.3 Å². The van der Waals surface area contributed by atoms with Crippen LogP contribution in [0.25, 0.3) is 0 Å². The second kappa shape index (κ2) is 10.8. The molecule has 2 unspecified atom stereocenters. The van der Waals surface area contributed by atoms with E-state index in [4.69, 9.17) is 0 Å². The van der Waals surface area contributed by atoms with Crippen LogP contribution in [0.4, 0.5) is 10.8 Å². The van der Waals surface area contributed by atoms with Gasteiger partial charge in [0.2, 0.25) is 11.0 Å². The second-order valence-corrected chi connectivity index (χ2v) is 10.4. The molecule has 1 aromatic carbocycles. The highest BCUT2D eigenvalue weighted by Gasteiger charge is 2.19. The molecular weight excluding hydrogens is 420 g/mol. The van der Waals surface area contributed by atoms with Crippen molar-refractivity contribution in [2.75, 3.05) is 17.2 Å². The van der Waals surface area contributed by atoms with Gasteiger partial charge in [-0.05, 0) is 48.8 Å². The molecule has 2 aromatic heterocycles. The van der Waals surface area contributed by atoms with E-state index in [1.165, 1.54) is 33.5 Å². The monoisotopic (exact) mass is 446 g/mol. The van der Waals surface area contributed by atoms with Gasteiger partial charge in [-0.3, -0.25) is 4.79 Å². The molecule has 154 valence electrons. The number of carbonyl (C=O) groups is 1. The first kappa shape index (κ1) is 21.8. The minimum Gasteiger partial charge on any atom is -0.360 e. The molecule has 0 fully saturated rings. The Morgan fingerprint density at radius 2 is 2.00 bits per heavy atom. The van der Waals surface area contributed by atoms with E-state index in [1.54, 1.807) is 11.3 Å². The molecule has 0 aliphatic carbocycles. The highest BCUT2D eigenvalue weighted by Crippen LogP contribution is 2.31. The Labute approximate surface area is 184 Å². The Morgan fingerprint density at radius 3 is 2.76 bits per heavy atom. The van der Waals surface area contributed by atoms with E-state index in [9.17, 15) is 4.79 Å². The van der Waals surface area contributed by atoms with Crippen molar-refractivity contribution in [2.24, 2.45) is 0 Å². The summed E-state index contributed by atoms with van der Waals surface area (Å²) >= 11 is 4.68. The van der Waals surface area contributed by atoms with Gasteiger partial charge in [0.05, 0.1) is 5.25 Å². The van der Waals surface area contributed by atoms with Gasteiger partial charge in [0.1, 0.15) is 0 Å². The summed E-state index contributed by atoms with van der Waals surface area (Å²) < 4.78 is 0.793. The molecule has 0 aliphatic rings. The third-order valence-electron chi connectivity index (χ3n) is 4.64. The molecular formula is C21H26N4OS3. The molecule has 0 bridgehead atoms. The number of benzene rings is 1. The van der Waals surface area contributed by atoms with Gasteiger partial charge in [0.25, 0.3) is 0 Å². The number of nitrogens with zero attached hydrogens (tertiary/aromatic N) is 2. The number of hydrogen-bond acceptors (Lipinski definition) is 7. The van der Waals surface area contributed by atoms with Crippen molar-refractivity contribution in [2.45, 2.75) is 49.1 Å². The number of aromatic nitrogens is 2. The number of para-hydroxylation sites is 1. The minimum atomic E-state index is -0.257. The first-order valence-electron chi connectivity index (χ1n) is 9.73. The van der Waals surface area contributed by atoms with Gasteiger partial charge in [0, 0.05) is 17.1 Å². The first-order valence-corrected chi connectivity index (χ1v) is 12.3. The number of rotatable bonds is 10. The Morgan fingerprint density at radius 1 is 1.17 bits per heavy atom. The summed E-state index contributed by atoms with van der Waals surface area (Å²) in [6.07, 6.45) is 2.00. The number of thiophene rings is 1. The van der Waals surface area contributed by atoms with Crippen molar-refractivity contribution in [3.05, 3.63) is 52.2 Å². The molecule has 2 atom stereocenters. The molecule has 0 spiro atoms. The quantitative estimate of drug-likeness (QED) is 0.380. The number of amides is 1. The van der Waals surface area contributed by atoms with Crippen LogP contribution in [-0.2, 0) is 11.2 Å². The topological polar surface area (TPSA) is 66.9 Å². The fraction of sp³-hybridized carbons (Fsp3) is 0.381. The summed E-state index contributed by atoms with van der Waals surface area (Å²) in [5.41, 5.74) is 2.07. The standard InChI is InChI=1S/C21H26N4OS3/c1-4-14(2)17-9-5-6-10-18(17)23-19(26)15(3)28-21-25-24-20(29-21)22-12-11-16-8-7-13-27-16/h5-10,13-15H,4,11-12H2,1-3H3,(H,22,24)(H,23,26). The maximum atomic E-state index is 12.7. The Hall–Kier alpha value is -1.90.